The second-order valence-electron chi connectivity index (χ2n) is 3.87. The summed E-state index contributed by atoms with van der Waals surface area (Å²) in [5.74, 6) is 1.05. The zero-order valence-electron chi connectivity index (χ0n) is 10.3. The number of aromatic hydroxyl groups is 1. The lowest BCUT2D eigenvalue weighted by molar-refractivity contribution is 0.412. The van der Waals surface area contributed by atoms with Crippen LogP contribution in [0.4, 0.5) is 11.4 Å². The van der Waals surface area contributed by atoms with Crippen LogP contribution in [-0.2, 0) is 0 Å². The highest BCUT2D eigenvalue weighted by Crippen LogP contribution is 2.25. The van der Waals surface area contributed by atoms with Crippen molar-refractivity contribution >= 4 is 11.4 Å². The number of nitrogens with zero attached hydrogens (tertiary/aromatic N) is 2. The van der Waals surface area contributed by atoms with E-state index in [-0.39, 0.29) is 5.75 Å². The quantitative estimate of drug-likeness (QED) is 0.823. The van der Waals surface area contributed by atoms with Crippen LogP contribution in [-0.4, -0.2) is 12.2 Å². The minimum atomic E-state index is 0.217. The molecule has 1 N–H and O–H groups in total. The normalized spacial score (nSPS) is 10.8. The van der Waals surface area contributed by atoms with E-state index in [1.807, 2.05) is 25.1 Å². The van der Waals surface area contributed by atoms with Crippen molar-refractivity contribution in [3.63, 3.8) is 0 Å². The molecule has 0 radical (unpaired) electrons. The molecule has 0 unspecified atom stereocenters. The van der Waals surface area contributed by atoms with Crippen molar-refractivity contribution in [2.75, 3.05) is 7.11 Å². The summed E-state index contributed by atoms with van der Waals surface area (Å²) in [4.78, 5) is 0. The lowest BCUT2D eigenvalue weighted by Crippen LogP contribution is -1.85. The largest absolute Gasteiger partial charge is 0.508 e. The monoisotopic (exact) mass is 242 g/mol. The van der Waals surface area contributed by atoms with Gasteiger partial charge >= 0.3 is 0 Å². The van der Waals surface area contributed by atoms with E-state index in [1.54, 1.807) is 31.4 Å². The van der Waals surface area contributed by atoms with Crippen molar-refractivity contribution in [2.45, 2.75) is 6.92 Å². The van der Waals surface area contributed by atoms with Crippen LogP contribution in [0.1, 0.15) is 5.56 Å². The number of aryl methyl sites for hydroxylation is 1. The van der Waals surface area contributed by atoms with Crippen LogP contribution in [0.15, 0.2) is 52.7 Å². The summed E-state index contributed by atoms with van der Waals surface area (Å²) < 4.78 is 5.18. The fraction of sp³-hybridized carbons (Fsp3) is 0.143. The molecule has 2 rings (SSSR count). The summed E-state index contributed by atoms with van der Waals surface area (Å²) in [5.41, 5.74) is 2.47. The van der Waals surface area contributed by atoms with E-state index < -0.39 is 0 Å². The van der Waals surface area contributed by atoms with Gasteiger partial charge in [-0.05, 0) is 55.0 Å². The van der Waals surface area contributed by atoms with Crippen molar-refractivity contribution in [1.29, 1.82) is 0 Å². The summed E-state index contributed by atoms with van der Waals surface area (Å²) in [6.07, 6.45) is 0. The molecule has 18 heavy (non-hydrogen) atoms. The maximum Gasteiger partial charge on any atom is 0.121 e. The number of methoxy groups -OCH3 is 1. The van der Waals surface area contributed by atoms with Crippen LogP contribution < -0.4 is 4.74 Å². The highest BCUT2D eigenvalue weighted by molar-refractivity contribution is 5.47. The highest BCUT2D eigenvalue weighted by Gasteiger charge is 1.98. The van der Waals surface area contributed by atoms with Crippen LogP contribution in [0.25, 0.3) is 0 Å². The zero-order valence-corrected chi connectivity index (χ0v) is 10.3. The molecule has 2 aromatic rings. The number of benzene rings is 2. The molecule has 0 fully saturated rings. The Morgan fingerprint density at radius 2 is 1.56 bits per heavy atom. The molecule has 0 aliphatic heterocycles. The van der Waals surface area contributed by atoms with E-state index in [9.17, 15) is 0 Å². The highest BCUT2D eigenvalue weighted by atomic mass is 16.5. The lowest BCUT2D eigenvalue weighted by atomic mass is 10.2. The number of azo groups is 1. The first-order valence-electron chi connectivity index (χ1n) is 5.54. The minimum absolute atomic E-state index is 0.217. The molecular weight excluding hydrogens is 228 g/mol. The van der Waals surface area contributed by atoms with Crippen LogP contribution in [0.2, 0.25) is 0 Å². The average molecular weight is 242 g/mol. The van der Waals surface area contributed by atoms with Crippen molar-refractivity contribution in [1.82, 2.24) is 0 Å². The van der Waals surface area contributed by atoms with Gasteiger partial charge in [-0.15, -0.1) is 0 Å². The van der Waals surface area contributed by atoms with Gasteiger partial charge < -0.3 is 9.84 Å². The molecular formula is C14H14N2O2. The molecule has 0 aromatic heterocycles. The Morgan fingerprint density at radius 1 is 0.944 bits per heavy atom. The third-order valence-electron chi connectivity index (χ3n) is 2.51. The van der Waals surface area contributed by atoms with Gasteiger partial charge in [0.1, 0.15) is 11.5 Å². The van der Waals surface area contributed by atoms with Crippen molar-refractivity contribution in [3.8, 4) is 11.5 Å². The van der Waals surface area contributed by atoms with Gasteiger partial charge in [0, 0.05) is 0 Å². The second-order valence-corrected chi connectivity index (χ2v) is 3.87. The van der Waals surface area contributed by atoms with Crippen LogP contribution >= 0.6 is 0 Å². The van der Waals surface area contributed by atoms with Crippen LogP contribution in [0.3, 0.4) is 0 Å². The molecule has 0 saturated heterocycles. The van der Waals surface area contributed by atoms with Gasteiger partial charge in [-0.1, -0.05) is 0 Å². The topological polar surface area (TPSA) is 54.2 Å². The SMILES string of the molecule is COc1ccc(N=Nc2ccc(O)cc2)cc1C. The Hall–Kier alpha value is -2.36. The van der Waals surface area contributed by atoms with Crippen molar-refractivity contribution < 1.29 is 9.84 Å². The number of hydrogen-bond donors (Lipinski definition) is 1. The van der Waals surface area contributed by atoms with E-state index in [4.69, 9.17) is 9.84 Å². The van der Waals surface area contributed by atoms with Crippen LogP contribution in [0.5, 0.6) is 11.5 Å². The van der Waals surface area contributed by atoms with Gasteiger partial charge in [0.2, 0.25) is 0 Å². The molecule has 2 aromatic carbocycles. The molecule has 0 amide bonds. The van der Waals surface area contributed by atoms with E-state index in [0.717, 1.165) is 17.0 Å². The molecule has 0 spiro atoms. The fourth-order valence-electron chi connectivity index (χ4n) is 1.56. The van der Waals surface area contributed by atoms with Gasteiger partial charge in [0.05, 0.1) is 18.5 Å². The van der Waals surface area contributed by atoms with E-state index in [1.165, 1.54) is 0 Å². The number of phenols is 1. The molecule has 0 atom stereocenters. The van der Waals surface area contributed by atoms with Crippen LogP contribution in [0, 0.1) is 6.92 Å². The summed E-state index contributed by atoms with van der Waals surface area (Å²) in [7, 11) is 1.64. The Kier molecular flexibility index (Phi) is 3.57. The second kappa shape index (κ2) is 5.31. The lowest BCUT2D eigenvalue weighted by Gasteiger charge is -2.03. The predicted molar refractivity (Wildman–Crippen MR) is 70.0 cm³/mol. The first-order valence-corrected chi connectivity index (χ1v) is 5.54. The van der Waals surface area contributed by atoms with Gasteiger partial charge in [0.15, 0.2) is 0 Å². The molecule has 0 heterocycles. The van der Waals surface area contributed by atoms with E-state index in [0.29, 0.717) is 5.69 Å². The molecule has 0 saturated carbocycles. The maximum absolute atomic E-state index is 9.15. The third kappa shape index (κ3) is 2.85. The van der Waals surface area contributed by atoms with Crippen molar-refractivity contribution in [2.24, 2.45) is 10.2 Å². The fourth-order valence-corrected chi connectivity index (χ4v) is 1.56. The maximum atomic E-state index is 9.15. The Labute approximate surface area is 106 Å². The van der Waals surface area contributed by atoms with E-state index >= 15 is 0 Å². The first-order chi connectivity index (χ1) is 8.69. The number of rotatable bonds is 3. The Bertz CT molecular complexity index is 563. The summed E-state index contributed by atoms with van der Waals surface area (Å²) in [6, 6.07) is 12.2. The molecule has 4 nitrogen and oxygen atoms in total. The Morgan fingerprint density at radius 3 is 2.17 bits per heavy atom. The summed E-state index contributed by atoms with van der Waals surface area (Å²) in [6.45, 7) is 1.96. The van der Waals surface area contributed by atoms with E-state index in [2.05, 4.69) is 10.2 Å². The summed E-state index contributed by atoms with van der Waals surface area (Å²) >= 11 is 0. The number of hydrogen-bond acceptors (Lipinski definition) is 4. The smallest absolute Gasteiger partial charge is 0.121 e. The summed E-state index contributed by atoms with van der Waals surface area (Å²) in [5, 5.41) is 17.4. The zero-order chi connectivity index (χ0) is 13.0. The molecule has 92 valence electrons. The molecule has 0 aliphatic rings. The number of phenolic OH excluding ortho intramolecular Hbond substituents is 1. The van der Waals surface area contributed by atoms with Gasteiger partial charge in [-0.3, -0.25) is 0 Å². The van der Waals surface area contributed by atoms with Gasteiger partial charge in [-0.25, -0.2) is 0 Å². The first kappa shape index (κ1) is 12.1. The Balaban J connectivity index is 2.18. The minimum Gasteiger partial charge on any atom is -0.508 e. The third-order valence-corrected chi connectivity index (χ3v) is 2.51. The van der Waals surface area contributed by atoms with Gasteiger partial charge in [0.25, 0.3) is 0 Å². The van der Waals surface area contributed by atoms with Crippen molar-refractivity contribution in [3.05, 3.63) is 48.0 Å². The number of ether oxygens (including phenoxy) is 1. The molecule has 4 heteroatoms. The molecule has 0 bridgehead atoms. The predicted octanol–water partition coefficient (Wildman–Crippen LogP) is 4.12. The average Bonchev–Trinajstić information content (AvgIpc) is 2.38. The standard InChI is InChI=1S/C14H14N2O2/c1-10-9-12(5-8-14(10)18-2)16-15-11-3-6-13(17)7-4-11/h3-9,17H,1-2H3. The van der Waals surface area contributed by atoms with Gasteiger partial charge in [-0.2, -0.15) is 10.2 Å². The molecule has 0 aliphatic carbocycles.